The van der Waals surface area contributed by atoms with Gasteiger partial charge in [0.1, 0.15) is 0 Å². The van der Waals surface area contributed by atoms with E-state index in [1.807, 2.05) is 65.8 Å². The molecule has 7 nitrogen and oxygen atoms in total. The Balaban J connectivity index is 1.60. The van der Waals surface area contributed by atoms with E-state index >= 15 is 0 Å². The van der Waals surface area contributed by atoms with Crippen LogP contribution in [0.3, 0.4) is 0 Å². The summed E-state index contributed by atoms with van der Waals surface area (Å²) in [6.07, 6.45) is 8.25. The summed E-state index contributed by atoms with van der Waals surface area (Å²) in [7, 11) is -3.64. The molecular weight excluding hydrogens is 579 g/mol. The maximum absolute atomic E-state index is 14.2. The van der Waals surface area contributed by atoms with Gasteiger partial charge in [0, 0.05) is 27.6 Å². The first-order valence-corrected chi connectivity index (χ1v) is 16.8. The number of nitrogens with zero attached hydrogens (tertiary/aromatic N) is 2. The second-order valence-corrected chi connectivity index (χ2v) is 15.6. The van der Waals surface area contributed by atoms with Gasteiger partial charge in [0.2, 0.25) is 0 Å². The summed E-state index contributed by atoms with van der Waals surface area (Å²) in [6, 6.07) is 16.0. The monoisotopic (exact) mass is 620 g/mol. The quantitative estimate of drug-likeness (QED) is 0.191. The molecule has 3 aromatic heterocycles. The Hall–Kier alpha value is -4.03. The molecule has 0 saturated heterocycles. The Labute approximate surface area is 265 Å². The number of aromatic amines is 2. The molecule has 0 unspecified atom stereocenters. The lowest BCUT2D eigenvalue weighted by Crippen LogP contribution is -2.28. The van der Waals surface area contributed by atoms with Crippen LogP contribution in [0, 0.1) is 20.8 Å². The predicted molar refractivity (Wildman–Crippen MR) is 187 cm³/mol. The number of fused-ring (bicyclic) bond motifs is 8. The largest absolute Gasteiger partial charge is 0.362 e. The maximum Gasteiger partial charge on any atom is 0.362 e. The van der Waals surface area contributed by atoms with Crippen LogP contribution in [0.2, 0.25) is 0 Å². The van der Waals surface area contributed by atoms with Crippen molar-refractivity contribution in [3.05, 3.63) is 88.0 Å². The molecule has 5 heterocycles. The topological polar surface area (TPSA) is 92.9 Å². The van der Waals surface area contributed by atoms with Crippen LogP contribution in [-0.4, -0.2) is 31.1 Å². The number of benzene rings is 1. The first-order chi connectivity index (χ1) is 21.1. The summed E-state index contributed by atoms with van der Waals surface area (Å²) in [5, 5.41) is 0.509. The van der Waals surface area contributed by atoms with Crippen LogP contribution in [0.1, 0.15) is 81.0 Å². The number of aryl methyl sites for hydroxylation is 3. The lowest BCUT2D eigenvalue weighted by Gasteiger charge is -2.32. The fourth-order valence-electron chi connectivity index (χ4n) is 5.59. The molecule has 8 bridgehead atoms. The van der Waals surface area contributed by atoms with E-state index in [0.29, 0.717) is 5.30 Å². The van der Waals surface area contributed by atoms with Crippen molar-refractivity contribution in [1.29, 1.82) is 0 Å². The van der Waals surface area contributed by atoms with Gasteiger partial charge in [-0.3, -0.25) is 13.6 Å². The molecule has 4 aromatic rings. The number of hydrogen-bond acceptors (Lipinski definition) is 5. The predicted octanol–water partition coefficient (Wildman–Crippen LogP) is 9.70. The Morgan fingerprint density at radius 2 is 0.933 bits per heavy atom. The minimum atomic E-state index is -3.64. The van der Waals surface area contributed by atoms with E-state index in [2.05, 4.69) is 79.3 Å². The summed E-state index contributed by atoms with van der Waals surface area (Å²) in [5.41, 5.74) is 11.3. The van der Waals surface area contributed by atoms with Gasteiger partial charge in [-0.05, 0) is 145 Å². The van der Waals surface area contributed by atoms with Crippen molar-refractivity contribution in [2.75, 3.05) is 0 Å². The molecule has 2 aliphatic heterocycles. The third-order valence-corrected chi connectivity index (χ3v) is 10.3. The lowest BCUT2D eigenvalue weighted by atomic mass is 10.0. The van der Waals surface area contributed by atoms with Crippen molar-refractivity contribution in [1.82, 2.24) is 19.9 Å². The van der Waals surface area contributed by atoms with Crippen molar-refractivity contribution < 1.29 is 13.6 Å². The number of rotatable bonds is 4. The van der Waals surface area contributed by atoms with Gasteiger partial charge >= 0.3 is 7.60 Å². The highest BCUT2D eigenvalue weighted by molar-refractivity contribution is 7.62. The van der Waals surface area contributed by atoms with Crippen LogP contribution in [0.4, 0.5) is 0 Å². The molecule has 6 rings (SSSR count). The summed E-state index contributed by atoms with van der Waals surface area (Å²) in [6.45, 7) is 17.6. The Bertz CT molecular complexity index is 2070. The number of aromatic nitrogens is 4. The molecule has 1 aromatic carbocycles. The maximum atomic E-state index is 14.2. The van der Waals surface area contributed by atoms with Gasteiger partial charge in [0.15, 0.2) is 0 Å². The number of hydrogen-bond donors (Lipinski definition) is 2. The van der Waals surface area contributed by atoms with Crippen LogP contribution in [0.15, 0.2) is 48.5 Å². The van der Waals surface area contributed by atoms with Crippen molar-refractivity contribution in [2.45, 2.75) is 73.5 Å². The van der Waals surface area contributed by atoms with E-state index in [0.717, 1.165) is 72.7 Å². The average Bonchev–Trinajstić information content (AvgIpc) is 3.76. The molecule has 0 aliphatic carbocycles. The number of H-pyrrole nitrogens is 2. The molecule has 0 radical (unpaired) electrons. The Morgan fingerprint density at radius 1 is 0.556 bits per heavy atom. The first-order valence-electron chi connectivity index (χ1n) is 15.3. The molecule has 0 saturated carbocycles. The van der Waals surface area contributed by atoms with E-state index < -0.39 is 18.8 Å². The molecular formula is C37H41N4O3P. The van der Waals surface area contributed by atoms with Gasteiger partial charge in [-0.1, -0.05) is 12.1 Å². The fourth-order valence-corrected chi connectivity index (χ4v) is 7.80. The average molecular weight is 621 g/mol. The molecule has 0 fully saturated rings. The van der Waals surface area contributed by atoms with Crippen molar-refractivity contribution >= 4 is 59.3 Å². The molecule has 0 atom stereocenters. The molecule has 45 heavy (non-hydrogen) atoms. The van der Waals surface area contributed by atoms with Gasteiger partial charge in [0.25, 0.3) is 0 Å². The minimum Gasteiger partial charge on any atom is -0.355 e. The van der Waals surface area contributed by atoms with Crippen LogP contribution in [-0.2, 0) is 13.6 Å². The van der Waals surface area contributed by atoms with E-state index in [9.17, 15) is 4.57 Å². The zero-order chi connectivity index (χ0) is 32.3. The van der Waals surface area contributed by atoms with Crippen LogP contribution >= 0.6 is 7.60 Å². The van der Waals surface area contributed by atoms with Gasteiger partial charge in [-0.25, -0.2) is 9.97 Å². The Morgan fingerprint density at radius 3 is 1.38 bits per heavy atom. The standard InChI is InChI=1S/C37H41N4O3P/c1-22-27-14-16-29(38-27)23(2)31-18-20-33(40-31)35(34-21-19-32(41-34)24(3)30-17-15-28(22)39-30)25-10-12-26(13-11-25)45(42,43-36(4,5)6)44-37(7,8)9/h10-21,38,41H,1-9H3. The third-order valence-electron chi connectivity index (χ3n) is 7.80. The van der Waals surface area contributed by atoms with E-state index in [1.165, 1.54) is 0 Å². The van der Waals surface area contributed by atoms with Crippen LogP contribution in [0.25, 0.3) is 57.5 Å². The van der Waals surface area contributed by atoms with Crippen LogP contribution in [0.5, 0.6) is 0 Å². The lowest BCUT2D eigenvalue weighted by molar-refractivity contribution is 0.0548. The normalized spacial score (nSPS) is 13.5. The third kappa shape index (κ3) is 6.26. The molecule has 0 spiro atoms. The van der Waals surface area contributed by atoms with Gasteiger partial charge in [0.05, 0.1) is 39.3 Å². The molecule has 232 valence electrons. The summed E-state index contributed by atoms with van der Waals surface area (Å²) in [5.74, 6) is 0. The van der Waals surface area contributed by atoms with Crippen molar-refractivity contribution in [3.63, 3.8) is 0 Å². The highest BCUT2D eigenvalue weighted by Gasteiger charge is 2.37. The highest BCUT2D eigenvalue weighted by atomic mass is 31.2. The zero-order valence-corrected chi connectivity index (χ0v) is 28.4. The SMILES string of the molecule is Cc1c2nc(c(C)c3ccc([nH]3)c(-c3ccc(P(=O)(OC(C)(C)C)OC(C)(C)C)cc3)c3nc(c(C)c4ccc1[nH]4)C=C3)C=C2. The van der Waals surface area contributed by atoms with Crippen LogP contribution < -0.4 is 5.30 Å². The second kappa shape index (κ2) is 11.1. The molecule has 2 N–H and O–H groups in total. The Kier molecular flexibility index (Phi) is 7.64. The van der Waals surface area contributed by atoms with E-state index in [1.54, 1.807) is 0 Å². The highest BCUT2D eigenvalue weighted by Crippen LogP contribution is 2.53. The van der Waals surface area contributed by atoms with Crippen molar-refractivity contribution in [2.24, 2.45) is 0 Å². The van der Waals surface area contributed by atoms with Crippen molar-refractivity contribution in [3.8, 4) is 11.1 Å². The first kappa shape index (κ1) is 31.0. The summed E-state index contributed by atoms with van der Waals surface area (Å²) in [4.78, 5) is 17.3. The smallest absolute Gasteiger partial charge is 0.355 e. The fraction of sp³-hybridized carbons (Fsp3) is 0.297. The molecule has 8 heteroatoms. The van der Waals surface area contributed by atoms with E-state index in [4.69, 9.17) is 19.0 Å². The van der Waals surface area contributed by atoms with Gasteiger partial charge in [-0.2, -0.15) is 0 Å². The summed E-state index contributed by atoms with van der Waals surface area (Å²) < 4.78 is 26.4. The van der Waals surface area contributed by atoms with Gasteiger partial charge in [-0.15, -0.1) is 0 Å². The van der Waals surface area contributed by atoms with Gasteiger partial charge < -0.3 is 9.97 Å². The summed E-state index contributed by atoms with van der Waals surface area (Å²) >= 11 is 0. The van der Waals surface area contributed by atoms with E-state index in [-0.39, 0.29) is 0 Å². The second-order valence-electron chi connectivity index (χ2n) is 13.7. The minimum absolute atomic E-state index is 0.509. The molecule has 0 amide bonds. The molecule has 2 aliphatic rings. The zero-order valence-electron chi connectivity index (χ0n) is 27.5. The number of nitrogens with one attached hydrogen (secondary N) is 2.